The van der Waals surface area contributed by atoms with Crippen LogP contribution >= 0.6 is 11.8 Å². The molecule has 12 heavy (non-hydrogen) atoms. The Morgan fingerprint density at radius 1 is 1.58 bits per heavy atom. The van der Waals surface area contributed by atoms with Crippen molar-refractivity contribution >= 4 is 11.8 Å². The molecule has 0 aliphatic heterocycles. The number of thioether (sulfide) groups is 1. The van der Waals surface area contributed by atoms with Gasteiger partial charge in [-0.25, -0.2) is 0 Å². The fourth-order valence-corrected chi connectivity index (χ4v) is 2.26. The average molecular weight is 185 g/mol. The van der Waals surface area contributed by atoms with Gasteiger partial charge in [0.05, 0.1) is 0 Å². The highest BCUT2D eigenvalue weighted by molar-refractivity contribution is 7.99. The van der Waals surface area contributed by atoms with Crippen molar-refractivity contribution in [1.82, 2.24) is 0 Å². The van der Waals surface area contributed by atoms with Gasteiger partial charge >= 0.3 is 0 Å². The topological polar surface area (TPSA) is 26.0 Å². The highest BCUT2D eigenvalue weighted by Crippen LogP contribution is 2.20. The lowest BCUT2D eigenvalue weighted by Gasteiger charge is -2.18. The lowest BCUT2D eigenvalue weighted by Crippen LogP contribution is -2.26. The van der Waals surface area contributed by atoms with E-state index < -0.39 is 0 Å². The predicted molar refractivity (Wildman–Crippen MR) is 57.5 cm³/mol. The first-order valence-corrected chi connectivity index (χ1v) is 6.02. The second-order valence-electron chi connectivity index (χ2n) is 3.29. The standard InChI is InChI=1S/C10H19NS/c1-2-12-8-10(11)9-6-4-3-5-7-9/h6,10H,2-5,7-8,11H2,1H3. The van der Waals surface area contributed by atoms with Gasteiger partial charge in [0.15, 0.2) is 0 Å². The van der Waals surface area contributed by atoms with Crippen molar-refractivity contribution in [3.05, 3.63) is 11.6 Å². The molecule has 1 aliphatic rings. The van der Waals surface area contributed by atoms with E-state index in [2.05, 4.69) is 13.0 Å². The molecule has 1 nitrogen and oxygen atoms in total. The first-order valence-electron chi connectivity index (χ1n) is 4.87. The first-order chi connectivity index (χ1) is 5.84. The van der Waals surface area contributed by atoms with Crippen LogP contribution in [0, 0.1) is 0 Å². The molecular weight excluding hydrogens is 166 g/mol. The van der Waals surface area contributed by atoms with E-state index in [0.717, 1.165) is 5.75 Å². The van der Waals surface area contributed by atoms with Crippen LogP contribution in [0.2, 0.25) is 0 Å². The Balaban J connectivity index is 2.29. The van der Waals surface area contributed by atoms with Crippen molar-refractivity contribution in [1.29, 1.82) is 0 Å². The minimum Gasteiger partial charge on any atom is -0.324 e. The Kier molecular flexibility index (Phi) is 4.77. The second kappa shape index (κ2) is 5.65. The maximum atomic E-state index is 6.05. The zero-order chi connectivity index (χ0) is 8.81. The summed E-state index contributed by atoms with van der Waals surface area (Å²) < 4.78 is 0. The summed E-state index contributed by atoms with van der Waals surface area (Å²) in [5.74, 6) is 2.28. The first kappa shape index (κ1) is 10.1. The van der Waals surface area contributed by atoms with Gasteiger partial charge in [-0.05, 0) is 31.4 Å². The fourth-order valence-electron chi connectivity index (χ4n) is 1.55. The Morgan fingerprint density at radius 2 is 2.42 bits per heavy atom. The molecule has 1 rings (SSSR count). The number of allylic oxidation sites excluding steroid dienone is 1. The van der Waals surface area contributed by atoms with Gasteiger partial charge in [-0.3, -0.25) is 0 Å². The molecule has 0 aromatic carbocycles. The van der Waals surface area contributed by atoms with Gasteiger partial charge in [-0.2, -0.15) is 11.8 Å². The molecule has 1 atom stereocenters. The van der Waals surface area contributed by atoms with Crippen LogP contribution < -0.4 is 5.73 Å². The molecule has 1 unspecified atom stereocenters. The molecule has 0 saturated carbocycles. The summed E-state index contributed by atoms with van der Waals surface area (Å²) in [6.07, 6.45) is 7.54. The summed E-state index contributed by atoms with van der Waals surface area (Å²) >= 11 is 1.94. The fraction of sp³-hybridized carbons (Fsp3) is 0.800. The maximum absolute atomic E-state index is 6.05. The molecule has 0 aromatic rings. The van der Waals surface area contributed by atoms with Gasteiger partial charge in [0.2, 0.25) is 0 Å². The molecule has 2 heteroatoms. The summed E-state index contributed by atoms with van der Waals surface area (Å²) in [5.41, 5.74) is 7.55. The quantitative estimate of drug-likeness (QED) is 0.681. The van der Waals surface area contributed by atoms with E-state index in [4.69, 9.17) is 5.73 Å². The van der Waals surface area contributed by atoms with Crippen LogP contribution in [0.3, 0.4) is 0 Å². The monoisotopic (exact) mass is 185 g/mol. The van der Waals surface area contributed by atoms with E-state index in [-0.39, 0.29) is 0 Å². The maximum Gasteiger partial charge on any atom is 0.0345 e. The van der Waals surface area contributed by atoms with Gasteiger partial charge in [-0.1, -0.05) is 18.6 Å². The van der Waals surface area contributed by atoms with Gasteiger partial charge < -0.3 is 5.73 Å². The van der Waals surface area contributed by atoms with Crippen molar-refractivity contribution in [2.75, 3.05) is 11.5 Å². The minimum absolute atomic E-state index is 0.329. The van der Waals surface area contributed by atoms with Crippen LogP contribution in [0.15, 0.2) is 11.6 Å². The minimum atomic E-state index is 0.329. The highest BCUT2D eigenvalue weighted by Gasteiger charge is 2.10. The molecule has 0 fully saturated rings. The summed E-state index contributed by atoms with van der Waals surface area (Å²) in [6, 6.07) is 0.329. The molecule has 0 bridgehead atoms. The predicted octanol–water partition coefficient (Wildman–Crippen LogP) is 2.57. The summed E-state index contributed by atoms with van der Waals surface area (Å²) in [6.45, 7) is 2.19. The van der Waals surface area contributed by atoms with E-state index in [1.54, 1.807) is 0 Å². The van der Waals surface area contributed by atoms with E-state index in [9.17, 15) is 0 Å². The third-order valence-electron chi connectivity index (χ3n) is 2.30. The summed E-state index contributed by atoms with van der Waals surface area (Å²) in [7, 11) is 0. The molecule has 0 heterocycles. The molecule has 70 valence electrons. The Bertz CT molecular complexity index is 154. The largest absolute Gasteiger partial charge is 0.324 e. The van der Waals surface area contributed by atoms with Crippen molar-refractivity contribution in [3.8, 4) is 0 Å². The van der Waals surface area contributed by atoms with Crippen LogP contribution in [0.5, 0.6) is 0 Å². The van der Waals surface area contributed by atoms with Crippen LogP contribution in [0.4, 0.5) is 0 Å². The van der Waals surface area contributed by atoms with E-state index >= 15 is 0 Å². The van der Waals surface area contributed by atoms with E-state index in [1.807, 2.05) is 11.8 Å². The van der Waals surface area contributed by atoms with Crippen molar-refractivity contribution in [2.45, 2.75) is 38.6 Å². The van der Waals surface area contributed by atoms with Crippen LogP contribution in [0.1, 0.15) is 32.6 Å². The normalized spacial score (nSPS) is 20.3. The molecule has 0 amide bonds. The van der Waals surface area contributed by atoms with Gasteiger partial charge in [0.1, 0.15) is 0 Å². The third kappa shape index (κ3) is 3.20. The second-order valence-corrected chi connectivity index (χ2v) is 4.61. The Morgan fingerprint density at radius 3 is 3.00 bits per heavy atom. The molecule has 1 aliphatic carbocycles. The molecule has 0 radical (unpaired) electrons. The third-order valence-corrected chi connectivity index (χ3v) is 3.31. The summed E-state index contributed by atoms with van der Waals surface area (Å²) in [5, 5.41) is 0. The van der Waals surface area contributed by atoms with Gasteiger partial charge in [-0.15, -0.1) is 0 Å². The molecule has 0 spiro atoms. The molecular formula is C10H19NS. The number of hydrogen-bond acceptors (Lipinski definition) is 2. The van der Waals surface area contributed by atoms with Crippen LogP contribution in [0.25, 0.3) is 0 Å². The van der Waals surface area contributed by atoms with E-state index in [0.29, 0.717) is 6.04 Å². The lowest BCUT2D eigenvalue weighted by atomic mass is 9.95. The average Bonchev–Trinajstić information content (AvgIpc) is 2.15. The van der Waals surface area contributed by atoms with Crippen molar-refractivity contribution < 1.29 is 0 Å². The smallest absolute Gasteiger partial charge is 0.0345 e. The van der Waals surface area contributed by atoms with E-state index in [1.165, 1.54) is 37.0 Å². The number of rotatable bonds is 4. The summed E-state index contributed by atoms with van der Waals surface area (Å²) in [4.78, 5) is 0. The molecule has 0 saturated heterocycles. The molecule has 2 N–H and O–H groups in total. The zero-order valence-corrected chi connectivity index (χ0v) is 8.70. The van der Waals surface area contributed by atoms with Crippen molar-refractivity contribution in [2.24, 2.45) is 5.73 Å². The van der Waals surface area contributed by atoms with Crippen LogP contribution in [-0.2, 0) is 0 Å². The van der Waals surface area contributed by atoms with Crippen LogP contribution in [-0.4, -0.2) is 17.5 Å². The SMILES string of the molecule is CCSCC(N)C1=CCCCC1. The Labute approximate surface area is 79.8 Å². The van der Waals surface area contributed by atoms with Gasteiger partial charge in [0.25, 0.3) is 0 Å². The number of hydrogen-bond donors (Lipinski definition) is 1. The lowest BCUT2D eigenvalue weighted by molar-refractivity contribution is 0.656. The molecule has 0 aromatic heterocycles. The highest BCUT2D eigenvalue weighted by atomic mass is 32.2. The zero-order valence-electron chi connectivity index (χ0n) is 7.88. The number of nitrogens with two attached hydrogens (primary N) is 1. The Hall–Kier alpha value is 0.0500. The van der Waals surface area contributed by atoms with Gasteiger partial charge in [0, 0.05) is 11.8 Å². The van der Waals surface area contributed by atoms with Crippen molar-refractivity contribution in [3.63, 3.8) is 0 Å².